The Morgan fingerprint density at radius 3 is 2.85 bits per heavy atom. The van der Waals surface area contributed by atoms with E-state index in [0.29, 0.717) is 18.9 Å². The topological polar surface area (TPSA) is 35.5 Å². The van der Waals surface area contributed by atoms with E-state index in [-0.39, 0.29) is 12.1 Å². The van der Waals surface area contributed by atoms with Gasteiger partial charge in [0.05, 0.1) is 6.10 Å². The number of hydrogen-bond donors (Lipinski definition) is 0. The second-order valence-electron chi connectivity index (χ2n) is 3.97. The zero-order valence-electron chi connectivity index (χ0n) is 7.83. The van der Waals surface area contributed by atoms with Gasteiger partial charge in [0.25, 0.3) is 0 Å². The van der Waals surface area contributed by atoms with Crippen LogP contribution in [-0.2, 0) is 14.3 Å². The molecule has 2 fully saturated rings. The molecule has 1 aliphatic heterocycles. The van der Waals surface area contributed by atoms with Crippen LogP contribution in [-0.4, -0.2) is 25.3 Å². The van der Waals surface area contributed by atoms with E-state index in [9.17, 15) is 4.79 Å². The van der Waals surface area contributed by atoms with E-state index in [1.165, 1.54) is 12.8 Å². The smallest absolute Gasteiger partial charge is 0.306 e. The number of ether oxygens (including phenoxy) is 2. The summed E-state index contributed by atoms with van der Waals surface area (Å²) in [6, 6.07) is 0. The average molecular weight is 184 g/mol. The second-order valence-corrected chi connectivity index (χ2v) is 3.97. The number of carbonyl (C=O) groups is 1. The standard InChI is InChI=1S/C10H16O3/c11-10(6-8-3-4-8)13-7-9-2-1-5-12-9/h8-9H,1-7H2. The first-order valence-corrected chi connectivity index (χ1v) is 5.12. The van der Waals surface area contributed by atoms with Crippen molar-refractivity contribution in [2.75, 3.05) is 13.2 Å². The Kier molecular flexibility index (Phi) is 2.83. The van der Waals surface area contributed by atoms with Gasteiger partial charge in [-0.2, -0.15) is 0 Å². The van der Waals surface area contributed by atoms with E-state index in [2.05, 4.69) is 0 Å². The Bertz CT molecular complexity index is 181. The highest BCUT2D eigenvalue weighted by molar-refractivity contribution is 5.70. The highest BCUT2D eigenvalue weighted by Crippen LogP contribution is 2.32. The van der Waals surface area contributed by atoms with Gasteiger partial charge in [-0.1, -0.05) is 0 Å². The van der Waals surface area contributed by atoms with Gasteiger partial charge in [0, 0.05) is 13.0 Å². The third kappa shape index (κ3) is 2.99. The summed E-state index contributed by atoms with van der Waals surface area (Å²) in [7, 11) is 0. The monoisotopic (exact) mass is 184 g/mol. The average Bonchev–Trinajstić information content (AvgIpc) is 2.78. The molecule has 0 radical (unpaired) electrons. The minimum Gasteiger partial charge on any atom is -0.463 e. The van der Waals surface area contributed by atoms with Crippen LogP contribution < -0.4 is 0 Å². The Morgan fingerprint density at radius 1 is 1.38 bits per heavy atom. The molecule has 1 unspecified atom stereocenters. The highest BCUT2D eigenvalue weighted by atomic mass is 16.6. The molecule has 3 heteroatoms. The number of rotatable bonds is 4. The third-order valence-corrected chi connectivity index (χ3v) is 2.61. The lowest BCUT2D eigenvalue weighted by atomic mass is 10.2. The fourth-order valence-electron chi connectivity index (χ4n) is 1.58. The fourth-order valence-corrected chi connectivity index (χ4v) is 1.58. The van der Waals surface area contributed by atoms with Crippen LogP contribution in [0.25, 0.3) is 0 Å². The van der Waals surface area contributed by atoms with Crippen molar-refractivity contribution in [2.45, 2.75) is 38.2 Å². The molecule has 0 amide bonds. The lowest BCUT2D eigenvalue weighted by molar-refractivity contribution is -0.147. The lowest BCUT2D eigenvalue weighted by Gasteiger charge is -2.09. The van der Waals surface area contributed by atoms with Gasteiger partial charge in [-0.25, -0.2) is 0 Å². The Hall–Kier alpha value is -0.570. The summed E-state index contributed by atoms with van der Waals surface area (Å²) >= 11 is 0. The van der Waals surface area contributed by atoms with E-state index >= 15 is 0 Å². The summed E-state index contributed by atoms with van der Waals surface area (Å²) in [4.78, 5) is 11.2. The van der Waals surface area contributed by atoms with Gasteiger partial charge < -0.3 is 9.47 Å². The van der Waals surface area contributed by atoms with E-state index in [1.54, 1.807) is 0 Å². The predicted octanol–water partition coefficient (Wildman–Crippen LogP) is 1.51. The van der Waals surface area contributed by atoms with Crippen LogP contribution in [0.4, 0.5) is 0 Å². The quantitative estimate of drug-likeness (QED) is 0.621. The van der Waals surface area contributed by atoms with Crippen LogP contribution in [0.3, 0.4) is 0 Å². The molecule has 1 atom stereocenters. The molecule has 74 valence electrons. The van der Waals surface area contributed by atoms with Crippen molar-refractivity contribution in [3.05, 3.63) is 0 Å². The lowest BCUT2D eigenvalue weighted by Crippen LogP contribution is -2.17. The molecule has 1 saturated heterocycles. The van der Waals surface area contributed by atoms with Gasteiger partial charge in [-0.15, -0.1) is 0 Å². The Labute approximate surface area is 78.4 Å². The molecule has 1 heterocycles. The minimum absolute atomic E-state index is 0.0435. The molecule has 0 spiro atoms. The molecule has 13 heavy (non-hydrogen) atoms. The first kappa shape index (κ1) is 9.00. The van der Waals surface area contributed by atoms with Crippen molar-refractivity contribution < 1.29 is 14.3 Å². The molecular weight excluding hydrogens is 168 g/mol. The van der Waals surface area contributed by atoms with Crippen LogP contribution in [0.1, 0.15) is 32.1 Å². The molecule has 1 saturated carbocycles. The van der Waals surface area contributed by atoms with Crippen molar-refractivity contribution >= 4 is 5.97 Å². The van der Waals surface area contributed by atoms with Crippen molar-refractivity contribution in [3.63, 3.8) is 0 Å². The summed E-state index contributed by atoms with van der Waals surface area (Å²) < 4.78 is 10.5. The van der Waals surface area contributed by atoms with Crippen molar-refractivity contribution in [1.29, 1.82) is 0 Å². The van der Waals surface area contributed by atoms with E-state index in [4.69, 9.17) is 9.47 Å². The van der Waals surface area contributed by atoms with Crippen molar-refractivity contribution in [3.8, 4) is 0 Å². The Morgan fingerprint density at radius 2 is 2.23 bits per heavy atom. The maximum Gasteiger partial charge on any atom is 0.306 e. The second kappa shape index (κ2) is 4.09. The van der Waals surface area contributed by atoms with Gasteiger partial charge >= 0.3 is 5.97 Å². The first-order chi connectivity index (χ1) is 6.34. The molecule has 2 rings (SSSR count). The SMILES string of the molecule is O=C(CC1CC1)OCC1CCCO1. The van der Waals surface area contributed by atoms with Gasteiger partial charge in [-0.05, 0) is 31.6 Å². The summed E-state index contributed by atoms with van der Waals surface area (Å²) in [5.74, 6) is 0.579. The van der Waals surface area contributed by atoms with E-state index in [0.717, 1.165) is 19.4 Å². The fraction of sp³-hybridized carbons (Fsp3) is 0.900. The minimum atomic E-state index is -0.0435. The molecule has 2 aliphatic rings. The van der Waals surface area contributed by atoms with Crippen molar-refractivity contribution in [2.24, 2.45) is 5.92 Å². The zero-order valence-corrected chi connectivity index (χ0v) is 7.83. The molecule has 0 aromatic carbocycles. The number of carbonyl (C=O) groups excluding carboxylic acids is 1. The molecule has 3 nitrogen and oxygen atoms in total. The van der Waals surface area contributed by atoms with Crippen LogP contribution in [0.15, 0.2) is 0 Å². The summed E-state index contributed by atoms with van der Waals surface area (Å²) in [6.07, 6.45) is 5.33. The van der Waals surface area contributed by atoms with E-state index < -0.39 is 0 Å². The van der Waals surface area contributed by atoms with Crippen LogP contribution >= 0.6 is 0 Å². The van der Waals surface area contributed by atoms with Crippen molar-refractivity contribution in [1.82, 2.24) is 0 Å². The van der Waals surface area contributed by atoms with E-state index in [1.807, 2.05) is 0 Å². The molecule has 0 N–H and O–H groups in total. The van der Waals surface area contributed by atoms with Crippen LogP contribution in [0.2, 0.25) is 0 Å². The number of hydrogen-bond acceptors (Lipinski definition) is 3. The molecule has 0 bridgehead atoms. The third-order valence-electron chi connectivity index (χ3n) is 2.61. The predicted molar refractivity (Wildman–Crippen MR) is 47.3 cm³/mol. The summed E-state index contributed by atoms with van der Waals surface area (Å²) in [6.45, 7) is 1.29. The number of esters is 1. The molecular formula is C10H16O3. The summed E-state index contributed by atoms with van der Waals surface area (Å²) in [5, 5.41) is 0. The highest BCUT2D eigenvalue weighted by Gasteiger charge is 2.26. The molecule has 0 aromatic rings. The molecule has 0 aromatic heterocycles. The maximum atomic E-state index is 11.2. The van der Waals surface area contributed by atoms with Gasteiger partial charge in [0.1, 0.15) is 6.61 Å². The molecule has 1 aliphatic carbocycles. The summed E-state index contributed by atoms with van der Waals surface area (Å²) in [5.41, 5.74) is 0. The van der Waals surface area contributed by atoms with Crippen LogP contribution in [0, 0.1) is 5.92 Å². The zero-order chi connectivity index (χ0) is 9.10. The van der Waals surface area contributed by atoms with Gasteiger partial charge in [-0.3, -0.25) is 4.79 Å². The van der Waals surface area contributed by atoms with Gasteiger partial charge in [0.2, 0.25) is 0 Å². The first-order valence-electron chi connectivity index (χ1n) is 5.12. The maximum absolute atomic E-state index is 11.2. The normalized spacial score (nSPS) is 27.5. The van der Waals surface area contributed by atoms with Gasteiger partial charge in [0.15, 0.2) is 0 Å². The van der Waals surface area contributed by atoms with Crippen LogP contribution in [0.5, 0.6) is 0 Å². The Balaban J connectivity index is 1.57. The largest absolute Gasteiger partial charge is 0.463 e.